The molecule has 1 amide bonds. The molecule has 0 aliphatic heterocycles. The minimum absolute atomic E-state index is 0.0647. The Labute approximate surface area is 167 Å². The van der Waals surface area contributed by atoms with E-state index in [2.05, 4.69) is 19.2 Å². The third-order valence-electron chi connectivity index (χ3n) is 4.83. The second-order valence-electron chi connectivity index (χ2n) is 6.96. The van der Waals surface area contributed by atoms with Crippen molar-refractivity contribution in [2.75, 3.05) is 27.3 Å². The van der Waals surface area contributed by atoms with Crippen molar-refractivity contribution in [3.8, 4) is 11.5 Å². The molecular formula is C22H32N2O4. The van der Waals surface area contributed by atoms with Gasteiger partial charge in [0.15, 0.2) is 11.5 Å². The average Bonchev–Trinajstić information content (AvgIpc) is 3.13. The maximum Gasteiger partial charge on any atom is 0.236 e. The Bertz CT molecular complexity index is 757. The highest BCUT2D eigenvalue weighted by molar-refractivity contribution is 5.78. The number of benzene rings is 1. The zero-order chi connectivity index (χ0) is 20.5. The highest BCUT2D eigenvalue weighted by Gasteiger charge is 2.17. The van der Waals surface area contributed by atoms with Crippen LogP contribution in [-0.4, -0.2) is 44.2 Å². The van der Waals surface area contributed by atoms with Crippen molar-refractivity contribution in [1.82, 2.24) is 10.2 Å². The Kier molecular flexibility index (Phi) is 8.39. The molecule has 1 N–H and O–H groups in total. The number of carbonyl (C=O) groups is 1. The maximum absolute atomic E-state index is 12.8. The number of carbonyl (C=O) groups excluding carboxylic acids is 1. The first-order valence-electron chi connectivity index (χ1n) is 9.74. The predicted octanol–water partition coefficient (Wildman–Crippen LogP) is 3.56. The quantitative estimate of drug-likeness (QED) is 0.638. The van der Waals surface area contributed by atoms with Crippen LogP contribution in [0.3, 0.4) is 0 Å². The summed E-state index contributed by atoms with van der Waals surface area (Å²) in [5.74, 6) is 3.09. The summed E-state index contributed by atoms with van der Waals surface area (Å²) in [6, 6.07) is 10.00. The Morgan fingerprint density at radius 2 is 1.93 bits per heavy atom. The van der Waals surface area contributed by atoms with E-state index in [0.717, 1.165) is 29.9 Å². The van der Waals surface area contributed by atoms with Crippen LogP contribution < -0.4 is 14.8 Å². The van der Waals surface area contributed by atoms with E-state index in [-0.39, 0.29) is 5.91 Å². The number of ether oxygens (including phenoxy) is 2. The van der Waals surface area contributed by atoms with E-state index in [4.69, 9.17) is 13.9 Å². The number of nitrogens with one attached hydrogen (secondary N) is 1. The molecule has 0 aliphatic carbocycles. The zero-order valence-corrected chi connectivity index (χ0v) is 17.6. The number of hydrogen-bond acceptors (Lipinski definition) is 5. The predicted molar refractivity (Wildman–Crippen MR) is 110 cm³/mol. The van der Waals surface area contributed by atoms with E-state index in [9.17, 15) is 4.79 Å². The molecule has 6 nitrogen and oxygen atoms in total. The Hall–Kier alpha value is -2.47. The second-order valence-corrected chi connectivity index (χ2v) is 6.96. The number of rotatable bonds is 11. The molecule has 1 aromatic carbocycles. The molecule has 1 aromatic heterocycles. The average molecular weight is 389 g/mol. The lowest BCUT2D eigenvalue weighted by molar-refractivity contribution is -0.131. The number of nitrogens with zero attached hydrogens (tertiary/aromatic N) is 1. The molecule has 154 valence electrons. The fraction of sp³-hybridized carbons (Fsp3) is 0.500. The van der Waals surface area contributed by atoms with Gasteiger partial charge in [-0.2, -0.15) is 0 Å². The largest absolute Gasteiger partial charge is 0.493 e. The Morgan fingerprint density at radius 1 is 1.18 bits per heavy atom. The molecular weight excluding hydrogens is 356 g/mol. The van der Waals surface area contributed by atoms with E-state index >= 15 is 0 Å². The van der Waals surface area contributed by atoms with Crippen molar-refractivity contribution in [2.45, 2.75) is 46.2 Å². The van der Waals surface area contributed by atoms with Crippen molar-refractivity contribution in [3.63, 3.8) is 0 Å². The summed E-state index contributed by atoms with van der Waals surface area (Å²) in [5, 5.41) is 3.28. The summed E-state index contributed by atoms with van der Waals surface area (Å²) in [4.78, 5) is 14.6. The molecule has 6 heteroatoms. The minimum atomic E-state index is 0.0647. The molecule has 0 bridgehead atoms. The van der Waals surface area contributed by atoms with Crippen LogP contribution in [0.25, 0.3) is 0 Å². The van der Waals surface area contributed by atoms with Gasteiger partial charge in [-0.05, 0) is 56.5 Å². The van der Waals surface area contributed by atoms with Gasteiger partial charge in [-0.1, -0.05) is 13.0 Å². The molecule has 28 heavy (non-hydrogen) atoms. The van der Waals surface area contributed by atoms with Crippen molar-refractivity contribution < 1.29 is 18.7 Å². The molecule has 0 fully saturated rings. The van der Waals surface area contributed by atoms with E-state index in [1.165, 1.54) is 0 Å². The first-order chi connectivity index (χ1) is 13.5. The molecule has 0 saturated carbocycles. The topological polar surface area (TPSA) is 63.9 Å². The molecule has 1 heterocycles. The normalized spacial score (nSPS) is 11.9. The fourth-order valence-corrected chi connectivity index (χ4v) is 2.87. The second kappa shape index (κ2) is 10.8. The van der Waals surface area contributed by atoms with Crippen LogP contribution in [0.1, 0.15) is 37.4 Å². The summed E-state index contributed by atoms with van der Waals surface area (Å²) < 4.78 is 16.3. The van der Waals surface area contributed by atoms with Gasteiger partial charge in [0.05, 0.1) is 27.3 Å². The molecule has 0 saturated heterocycles. The third kappa shape index (κ3) is 6.30. The van der Waals surface area contributed by atoms with Crippen LogP contribution in [0.2, 0.25) is 0 Å². The maximum atomic E-state index is 12.8. The lowest BCUT2D eigenvalue weighted by Crippen LogP contribution is -2.41. The van der Waals surface area contributed by atoms with Gasteiger partial charge in [-0.3, -0.25) is 4.79 Å². The SMILES string of the molecule is CC[C@@H](C)NCC(=O)N(CCc1ccc(OC)c(OC)c1)Cc1ccc(C)o1. The summed E-state index contributed by atoms with van der Waals surface area (Å²) in [5.41, 5.74) is 1.08. The van der Waals surface area contributed by atoms with Crippen LogP contribution in [0.5, 0.6) is 11.5 Å². The van der Waals surface area contributed by atoms with Crippen molar-refractivity contribution in [1.29, 1.82) is 0 Å². The third-order valence-corrected chi connectivity index (χ3v) is 4.83. The molecule has 1 atom stereocenters. The molecule has 0 aliphatic rings. The van der Waals surface area contributed by atoms with Crippen molar-refractivity contribution >= 4 is 5.91 Å². The molecule has 0 radical (unpaired) electrons. The minimum Gasteiger partial charge on any atom is -0.493 e. The molecule has 0 spiro atoms. The first-order valence-corrected chi connectivity index (χ1v) is 9.74. The Morgan fingerprint density at radius 3 is 2.54 bits per heavy atom. The number of aryl methyl sites for hydroxylation is 1. The number of amides is 1. The summed E-state index contributed by atoms with van der Waals surface area (Å²) in [6.07, 6.45) is 1.70. The standard InChI is InChI=1S/C22H32N2O4/c1-6-16(2)23-14-22(25)24(15-19-9-7-17(3)28-19)12-11-18-8-10-20(26-4)21(13-18)27-5/h7-10,13,16,23H,6,11-12,14-15H2,1-5H3/t16-/m1/s1. The van der Waals surface area contributed by atoms with Crippen LogP contribution in [-0.2, 0) is 17.8 Å². The number of hydrogen-bond donors (Lipinski definition) is 1. The summed E-state index contributed by atoms with van der Waals surface area (Å²) >= 11 is 0. The monoisotopic (exact) mass is 388 g/mol. The van der Waals surface area contributed by atoms with Gasteiger partial charge in [0.2, 0.25) is 5.91 Å². The highest BCUT2D eigenvalue weighted by Crippen LogP contribution is 2.27. The summed E-state index contributed by atoms with van der Waals surface area (Å²) in [7, 11) is 3.24. The highest BCUT2D eigenvalue weighted by atomic mass is 16.5. The van der Waals surface area contributed by atoms with Gasteiger partial charge in [-0.25, -0.2) is 0 Å². The van der Waals surface area contributed by atoms with Crippen LogP contribution >= 0.6 is 0 Å². The number of methoxy groups -OCH3 is 2. The van der Waals surface area contributed by atoms with Gasteiger partial charge in [0.25, 0.3) is 0 Å². The van der Waals surface area contributed by atoms with E-state index in [1.807, 2.05) is 42.2 Å². The van der Waals surface area contributed by atoms with E-state index in [1.54, 1.807) is 14.2 Å². The van der Waals surface area contributed by atoms with Crippen molar-refractivity contribution in [2.24, 2.45) is 0 Å². The van der Waals surface area contributed by atoms with Crippen LogP contribution in [0.4, 0.5) is 0 Å². The summed E-state index contributed by atoms with van der Waals surface area (Å²) in [6.45, 7) is 7.46. The van der Waals surface area contributed by atoms with E-state index in [0.29, 0.717) is 37.2 Å². The van der Waals surface area contributed by atoms with Gasteiger partial charge in [0.1, 0.15) is 11.5 Å². The van der Waals surface area contributed by atoms with Gasteiger partial charge in [-0.15, -0.1) is 0 Å². The molecule has 2 rings (SSSR count). The van der Waals surface area contributed by atoms with Gasteiger partial charge in [0, 0.05) is 12.6 Å². The van der Waals surface area contributed by atoms with Crippen molar-refractivity contribution in [3.05, 3.63) is 47.4 Å². The number of furan rings is 1. The molecule has 2 aromatic rings. The zero-order valence-electron chi connectivity index (χ0n) is 17.6. The van der Waals surface area contributed by atoms with E-state index < -0.39 is 0 Å². The molecule has 0 unspecified atom stereocenters. The lowest BCUT2D eigenvalue weighted by atomic mass is 10.1. The van der Waals surface area contributed by atoms with Crippen LogP contribution in [0, 0.1) is 6.92 Å². The fourth-order valence-electron chi connectivity index (χ4n) is 2.87. The van der Waals surface area contributed by atoms with Gasteiger partial charge < -0.3 is 24.1 Å². The van der Waals surface area contributed by atoms with Crippen LogP contribution in [0.15, 0.2) is 34.7 Å². The smallest absolute Gasteiger partial charge is 0.236 e. The van der Waals surface area contributed by atoms with Gasteiger partial charge >= 0.3 is 0 Å². The lowest BCUT2D eigenvalue weighted by Gasteiger charge is -2.23. The Balaban J connectivity index is 2.06. The first kappa shape index (κ1) is 21.8.